The summed E-state index contributed by atoms with van der Waals surface area (Å²) in [6.45, 7) is 0. The normalized spacial score (nSPS) is 10.5. The van der Waals surface area contributed by atoms with Crippen LogP contribution in [0.1, 0.15) is 10.5 Å². The number of H-pyrrole nitrogens is 1. The van der Waals surface area contributed by atoms with Crippen LogP contribution in [0.25, 0.3) is 22.6 Å². The van der Waals surface area contributed by atoms with E-state index in [1.54, 1.807) is 30.6 Å². The van der Waals surface area contributed by atoms with Crippen molar-refractivity contribution < 1.29 is 9.90 Å². The van der Waals surface area contributed by atoms with Crippen LogP contribution in [-0.4, -0.2) is 31.0 Å². The summed E-state index contributed by atoms with van der Waals surface area (Å²) in [6.07, 6.45) is 4.57. The quantitative estimate of drug-likeness (QED) is 0.776. The molecule has 0 amide bonds. The van der Waals surface area contributed by atoms with Crippen molar-refractivity contribution in [2.45, 2.75) is 0 Å². The molecule has 2 aromatic heterocycles. The van der Waals surface area contributed by atoms with Gasteiger partial charge in [-0.15, -0.1) is 0 Å². The van der Waals surface area contributed by atoms with Crippen LogP contribution in [0.2, 0.25) is 5.02 Å². The number of carbonyl (C=O) groups is 1. The highest BCUT2D eigenvalue weighted by molar-refractivity contribution is 6.33. The van der Waals surface area contributed by atoms with E-state index in [0.717, 1.165) is 5.56 Å². The predicted molar refractivity (Wildman–Crippen MR) is 77.0 cm³/mol. The van der Waals surface area contributed by atoms with E-state index in [0.29, 0.717) is 22.1 Å². The highest BCUT2D eigenvalue weighted by atomic mass is 35.5. The first-order valence-electron chi connectivity index (χ1n) is 6.00. The number of rotatable bonds is 3. The van der Waals surface area contributed by atoms with Gasteiger partial charge in [0.05, 0.1) is 10.7 Å². The van der Waals surface area contributed by atoms with Crippen LogP contribution in [0.3, 0.4) is 0 Å². The average molecular weight is 301 g/mol. The summed E-state index contributed by atoms with van der Waals surface area (Å²) in [7, 11) is 0. The Balaban J connectivity index is 2.03. The molecule has 0 atom stereocenters. The molecule has 0 aliphatic rings. The van der Waals surface area contributed by atoms with Gasteiger partial charge in [-0.25, -0.2) is 19.7 Å². The largest absolute Gasteiger partial charge is 0.477 e. The summed E-state index contributed by atoms with van der Waals surface area (Å²) in [6, 6.07) is 6.73. The minimum absolute atomic E-state index is 0.0637. The van der Waals surface area contributed by atoms with E-state index in [9.17, 15) is 4.79 Å². The molecule has 0 aliphatic carbocycles. The number of carboxylic acid groups (broad SMARTS) is 1. The number of aromatic carboxylic acids is 1. The van der Waals surface area contributed by atoms with Crippen molar-refractivity contribution in [3.63, 3.8) is 0 Å². The van der Waals surface area contributed by atoms with Gasteiger partial charge in [0.1, 0.15) is 12.2 Å². The van der Waals surface area contributed by atoms with Crippen molar-refractivity contribution in [2.24, 2.45) is 0 Å². The smallest absolute Gasteiger partial charge is 0.354 e. The third-order valence-electron chi connectivity index (χ3n) is 2.90. The second kappa shape index (κ2) is 5.34. The molecule has 0 saturated heterocycles. The lowest BCUT2D eigenvalue weighted by Gasteiger charge is -2.05. The molecular weight excluding hydrogens is 292 g/mol. The van der Waals surface area contributed by atoms with Crippen molar-refractivity contribution in [1.29, 1.82) is 0 Å². The number of aromatic amines is 1. The minimum Gasteiger partial charge on any atom is -0.477 e. The third-order valence-corrected chi connectivity index (χ3v) is 3.22. The second-order valence-electron chi connectivity index (χ2n) is 4.23. The molecule has 0 fully saturated rings. The maximum atomic E-state index is 10.9. The van der Waals surface area contributed by atoms with Gasteiger partial charge in [0.25, 0.3) is 0 Å². The molecule has 7 heteroatoms. The van der Waals surface area contributed by atoms with Gasteiger partial charge in [-0.05, 0) is 18.2 Å². The SMILES string of the molecule is O=C(O)c1cc(-c2ccc(-c3ncc[nH]3)c(Cl)c2)ncn1. The molecular formula is C14H9ClN4O2. The molecule has 0 aliphatic heterocycles. The van der Waals surface area contributed by atoms with Crippen molar-refractivity contribution in [1.82, 2.24) is 19.9 Å². The van der Waals surface area contributed by atoms with E-state index in [4.69, 9.17) is 16.7 Å². The number of halogens is 1. The number of nitrogens with zero attached hydrogens (tertiary/aromatic N) is 3. The lowest BCUT2D eigenvalue weighted by molar-refractivity contribution is 0.0690. The number of hydrogen-bond acceptors (Lipinski definition) is 4. The van der Waals surface area contributed by atoms with Crippen LogP contribution in [0.15, 0.2) is 43.0 Å². The van der Waals surface area contributed by atoms with Gasteiger partial charge in [-0.1, -0.05) is 17.7 Å². The molecule has 0 bridgehead atoms. The van der Waals surface area contributed by atoms with Gasteiger partial charge in [0.2, 0.25) is 0 Å². The highest BCUT2D eigenvalue weighted by Gasteiger charge is 2.11. The minimum atomic E-state index is -1.10. The predicted octanol–water partition coefficient (Wildman–Crippen LogP) is 2.89. The topological polar surface area (TPSA) is 91.8 Å². The number of imidazole rings is 1. The fraction of sp³-hybridized carbons (Fsp3) is 0. The second-order valence-corrected chi connectivity index (χ2v) is 4.63. The number of hydrogen-bond donors (Lipinski definition) is 2. The highest BCUT2D eigenvalue weighted by Crippen LogP contribution is 2.29. The zero-order valence-corrected chi connectivity index (χ0v) is 11.4. The fourth-order valence-electron chi connectivity index (χ4n) is 1.91. The summed E-state index contributed by atoms with van der Waals surface area (Å²) in [4.78, 5) is 25.8. The zero-order valence-electron chi connectivity index (χ0n) is 10.6. The van der Waals surface area contributed by atoms with E-state index in [2.05, 4.69) is 19.9 Å². The number of benzene rings is 1. The Labute approximate surface area is 124 Å². The monoisotopic (exact) mass is 300 g/mol. The maximum Gasteiger partial charge on any atom is 0.354 e. The molecule has 2 heterocycles. The van der Waals surface area contributed by atoms with Crippen LogP contribution in [0.4, 0.5) is 0 Å². The first-order valence-corrected chi connectivity index (χ1v) is 6.38. The fourth-order valence-corrected chi connectivity index (χ4v) is 2.18. The molecule has 21 heavy (non-hydrogen) atoms. The molecule has 2 N–H and O–H groups in total. The first-order chi connectivity index (χ1) is 10.1. The lowest BCUT2D eigenvalue weighted by atomic mass is 10.1. The van der Waals surface area contributed by atoms with Crippen LogP contribution in [-0.2, 0) is 0 Å². The summed E-state index contributed by atoms with van der Waals surface area (Å²) in [5.74, 6) is -0.433. The molecule has 0 spiro atoms. The lowest BCUT2D eigenvalue weighted by Crippen LogP contribution is -2.01. The Morgan fingerprint density at radius 1 is 1.19 bits per heavy atom. The van der Waals surface area contributed by atoms with E-state index < -0.39 is 5.97 Å². The van der Waals surface area contributed by atoms with Gasteiger partial charge in [-0.2, -0.15) is 0 Å². The number of nitrogens with one attached hydrogen (secondary N) is 1. The Hall–Kier alpha value is -2.73. The van der Waals surface area contributed by atoms with Gasteiger partial charge in [-0.3, -0.25) is 0 Å². The first kappa shape index (κ1) is 13.3. The number of carboxylic acids is 1. The summed E-state index contributed by atoms with van der Waals surface area (Å²) in [5.41, 5.74) is 1.90. The van der Waals surface area contributed by atoms with Crippen LogP contribution < -0.4 is 0 Å². The molecule has 0 unspecified atom stereocenters. The van der Waals surface area contributed by atoms with E-state index in [1.165, 1.54) is 12.4 Å². The molecule has 0 saturated carbocycles. The summed E-state index contributed by atoms with van der Waals surface area (Å²) >= 11 is 6.25. The van der Waals surface area contributed by atoms with Gasteiger partial charge < -0.3 is 10.1 Å². The molecule has 104 valence electrons. The summed E-state index contributed by atoms with van der Waals surface area (Å²) < 4.78 is 0. The van der Waals surface area contributed by atoms with Gasteiger partial charge in [0.15, 0.2) is 5.69 Å². The van der Waals surface area contributed by atoms with Crippen molar-refractivity contribution in [3.8, 4) is 22.6 Å². The molecule has 3 rings (SSSR count). The summed E-state index contributed by atoms with van der Waals surface area (Å²) in [5, 5.41) is 9.45. The van der Waals surface area contributed by atoms with Crippen molar-refractivity contribution >= 4 is 17.6 Å². The molecule has 6 nitrogen and oxygen atoms in total. The van der Waals surface area contributed by atoms with E-state index >= 15 is 0 Å². The number of aromatic nitrogens is 4. The Morgan fingerprint density at radius 3 is 2.71 bits per heavy atom. The maximum absolute atomic E-state index is 10.9. The van der Waals surface area contributed by atoms with Gasteiger partial charge >= 0.3 is 5.97 Å². The van der Waals surface area contributed by atoms with Gasteiger partial charge in [0, 0.05) is 23.5 Å². The van der Waals surface area contributed by atoms with Crippen molar-refractivity contribution in [3.05, 3.63) is 53.7 Å². The van der Waals surface area contributed by atoms with E-state index in [-0.39, 0.29) is 5.69 Å². The third kappa shape index (κ3) is 2.61. The Kier molecular flexibility index (Phi) is 3.37. The van der Waals surface area contributed by atoms with Crippen molar-refractivity contribution in [2.75, 3.05) is 0 Å². The van der Waals surface area contributed by atoms with Crippen LogP contribution in [0, 0.1) is 0 Å². The Bertz CT molecular complexity index is 802. The zero-order chi connectivity index (χ0) is 14.8. The Morgan fingerprint density at radius 2 is 2.05 bits per heavy atom. The van der Waals surface area contributed by atoms with E-state index in [1.807, 2.05) is 0 Å². The van der Waals surface area contributed by atoms with Crippen LogP contribution >= 0.6 is 11.6 Å². The molecule has 1 aromatic carbocycles. The molecule has 3 aromatic rings. The standard InChI is InChI=1S/C14H9ClN4O2/c15-10-5-8(1-2-9(10)13-16-3-4-17-13)11-6-12(14(20)21)19-7-18-11/h1-7H,(H,16,17)(H,20,21). The van der Waals surface area contributed by atoms with Crippen LogP contribution in [0.5, 0.6) is 0 Å². The average Bonchev–Trinajstić information content (AvgIpc) is 3.01. The molecule has 0 radical (unpaired) electrons.